The van der Waals surface area contributed by atoms with Gasteiger partial charge in [-0.25, -0.2) is 8.42 Å². The Balaban J connectivity index is 1.60. The molecule has 0 aliphatic carbocycles. The summed E-state index contributed by atoms with van der Waals surface area (Å²) < 4.78 is 29.1. The van der Waals surface area contributed by atoms with E-state index in [1.807, 2.05) is 62.4 Å². The molecule has 0 spiro atoms. The van der Waals surface area contributed by atoms with Crippen molar-refractivity contribution < 1.29 is 18.0 Å². The molecule has 0 saturated carbocycles. The van der Waals surface area contributed by atoms with Gasteiger partial charge < -0.3 is 10.6 Å². The van der Waals surface area contributed by atoms with Crippen molar-refractivity contribution in [1.82, 2.24) is 4.72 Å². The summed E-state index contributed by atoms with van der Waals surface area (Å²) in [7, 11) is -4.00. The minimum Gasteiger partial charge on any atom is -0.326 e. The summed E-state index contributed by atoms with van der Waals surface area (Å²) in [6, 6.07) is 18.5. The maximum Gasteiger partial charge on any atom is 0.242 e. The quantitative estimate of drug-likeness (QED) is 0.482. The first-order chi connectivity index (χ1) is 16.2. The third-order valence-electron chi connectivity index (χ3n) is 5.82. The van der Waals surface area contributed by atoms with Gasteiger partial charge in [0.25, 0.3) is 0 Å². The number of hydrogen-bond acceptors (Lipinski definition) is 4. The summed E-state index contributed by atoms with van der Waals surface area (Å²) >= 11 is 0. The number of sulfonamides is 1. The van der Waals surface area contributed by atoms with Crippen LogP contribution in [0.15, 0.2) is 71.6 Å². The van der Waals surface area contributed by atoms with Crippen molar-refractivity contribution in [3.63, 3.8) is 0 Å². The van der Waals surface area contributed by atoms with E-state index in [1.165, 1.54) is 6.07 Å². The minimum absolute atomic E-state index is 0.0553. The Morgan fingerprint density at radius 2 is 1.76 bits per heavy atom. The highest BCUT2D eigenvalue weighted by molar-refractivity contribution is 7.89. The number of benzene rings is 3. The van der Waals surface area contributed by atoms with E-state index in [1.54, 1.807) is 12.1 Å². The van der Waals surface area contributed by atoms with Crippen LogP contribution in [0.1, 0.15) is 28.7 Å². The number of carbonyl (C=O) groups is 2. The van der Waals surface area contributed by atoms with Crippen LogP contribution in [-0.4, -0.2) is 26.3 Å². The lowest BCUT2D eigenvalue weighted by molar-refractivity contribution is -0.118. The van der Waals surface area contributed by atoms with Crippen LogP contribution in [0.5, 0.6) is 0 Å². The number of carbonyl (C=O) groups excluding carboxylic acids is 2. The molecule has 176 valence electrons. The average Bonchev–Trinajstić information content (AvgIpc) is 2.80. The highest BCUT2D eigenvalue weighted by Crippen LogP contribution is 2.26. The van der Waals surface area contributed by atoms with Crippen LogP contribution in [0.3, 0.4) is 0 Å². The fourth-order valence-electron chi connectivity index (χ4n) is 3.99. The number of rotatable bonds is 7. The Bertz CT molecular complexity index is 1340. The van der Waals surface area contributed by atoms with Crippen LogP contribution < -0.4 is 15.4 Å². The van der Waals surface area contributed by atoms with Gasteiger partial charge in [-0.3, -0.25) is 9.59 Å². The van der Waals surface area contributed by atoms with E-state index in [2.05, 4.69) is 15.4 Å². The number of fused-ring (bicyclic) bond motifs is 1. The second-order valence-corrected chi connectivity index (χ2v) is 10.3. The lowest BCUT2D eigenvalue weighted by atomic mass is 10.0. The number of anilines is 2. The van der Waals surface area contributed by atoms with E-state index in [4.69, 9.17) is 0 Å². The van der Waals surface area contributed by atoms with Gasteiger partial charge >= 0.3 is 0 Å². The number of amides is 2. The summed E-state index contributed by atoms with van der Waals surface area (Å²) in [5.74, 6) is -0.531. The second-order valence-electron chi connectivity index (χ2n) is 8.54. The second kappa shape index (κ2) is 9.79. The molecule has 1 atom stereocenters. The lowest BCUT2D eigenvalue weighted by Gasteiger charge is -2.21. The van der Waals surface area contributed by atoms with E-state index >= 15 is 0 Å². The molecular weight excluding hydrogens is 450 g/mol. The van der Waals surface area contributed by atoms with Crippen LogP contribution in [0.2, 0.25) is 0 Å². The van der Waals surface area contributed by atoms with Gasteiger partial charge in [-0.2, -0.15) is 4.72 Å². The van der Waals surface area contributed by atoms with Crippen LogP contribution in [-0.2, 0) is 32.5 Å². The maximum atomic E-state index is 13.3. The Kier molecular flexibility index (Phi) is 6.81. The zero-order valence-electron chi connectivity index (χ0n) is 19.1. The smallest absolute Gasteiger partial charge is 0.242 e. The zero-order chi connectivity index (χ0) is 24.3. The largest absolute Gasteiger partial charge is 0.326 e. The molecule has 3 N–H and O–H groups in total. The molecule has 1 aliphatic heterocycles. The van der Waals surface area contributed by atoms with Crippen LogP contribution in [0.25, 0.3) is 0 Å². The lowest BCUT2D eigenvalue weighted by Crippen LogP contribution is -2.45. The molecule has 2 amide bonds. The first-order valence-corrected chi connectivity index (χ1v) is 12.6. The van der Waals surface area contributed by atoms with Crippen molar-refractivity contribution in [3.05, 3.63) is 89.0 Å². The van der Waals surface area contributed by atoms with Crippen LogP contribution in [0, 0.1) is 13.8 Å². The minimum atomic E-state index is -4.00. The first-order valence-electron chi connectivity index (χ1n) is 11.1. The summed E-state index contributed by atoms with van der Waals surface area (Å²) in [6.45, 7) is 3.86. The van der Waals surface area contributed by atoms with Gasteiger partial charge in [0.05, 0.1) is 4.90 Å². The Hall–Kier alpha value is -3.49. The summed E-state index contributed by atoms with van der Waals surface area (Å²) in [4.78, 5) is 24.9. The predicted octanol–water partition coefficient (Wildman–Crippen LogP) is 3.72. The summed E-state index contributed by atoms with van der Waals surface area (Å²) in [5, 5.41) is 5.62. The normalized spacial score (nSPS) is 14.1. The molecule has 34 heavy (non-hydrogen) atoms. The fourth-order valence-corrected chi connectivity index (χ4v) is 5.24. The molecule has 0 unspecified atom stereocenters. The van der Waals surface area contributed by atoms with E-state index < -0.39 is 22.0 Å². The molecular formula is C26H27N3O4S. The van der Waals surface area contributed by atoms with Crippen molar-refractivity contribution in [2.75, 3.05) is 10.6 Å². The van der Waals surface area contributed by atoms with Gasteiger partial charge in [-0.05, 0) is 67.6 Å². The van der Waals surface area contributed by atoms with Crippen molar-refractivity contribution in [2.45, 2.75) is 44.0 Å². The van der Waals surface area contributed by atoms with Gasteiger partial charge in [-0.1, -0.05) is 48.0 Å². The molecule has 7 nitrogen and oxygen atoms in total. The molecule has 0 fully saturated rings. The van der Waals surface area contributed by atoms with Gasteiger partial charge in [0.1, 0.15) is 6.04 Å². The Morgan fingerprint density at radius 1 is 1.00 bits per heavy atom. The first kappa shape index (κ1) is 23.7. The van der Waals surface area contributed by atoms with Gasteiger partial charge in [0, 0.05) is 17.8 Å². The van der Waals surface area contributed by atoms with Crippen molar-refractivity contribution >= 4 is 33.2 Å². The van der Waals surface area contributed by atoms with Gasteiger partial charge in [0.15, 0.2) is 0 Å². The third kappa shape index (κ3) is 5.52. The number of hydrogen-bond donors (Lipinski definition) is 3. The van der Waals surface area contributed by atoms with E-state index in [9.17, 15) is 18.0 Å². The Morgan fingerprint density at radius 3 is 2.50 bits per heavy atom. The molecule has 0 aromatic heterocycles. The van der Waals surface area contributed by atoms with Crippen LogP contribution >= 0.6 is 0 Å². The zero-order valence-corrected chi connectivity index (χ0v) is 19.9. The molecule has 8 heteroatoms. The van der Waals surface area contributed by atoms with E-state index in [0.29, 0.717) is 24.2 Å². The highest BCUT2D eigenvalue weighted by atomic mass is 32.2. The fraction of sp³-hybridized carbons (Fsp3) is 0.231. The predicted molar refractivity (Wildman–Crippen MR) is 132 cm³/mol. The molecule has 0 saturated heterocycles. The molecule has 0 bridgehead atoms. The molecule has 4 rings (SSSR count). The third-order valence-corrected chi connectivity index (χ3v) is 7.29. The number of aryl methyl sites for hydroxylation is 3. The SMILES string of the molecule is Cc1ccc(NC(=O)[C@@H](Cc2ccccc2)NS(=O)(=O)c2ccc3c(c2)CCC(=O)N3)c(C)c1. The van der Waals surface area contributed by atoms with E-state index in [-0.39, 0.29) is 17.2 Å². The molecule has 1 aliphatic rings. The summed E-state index contributed by atoms with van der Waals surface area (Å²) in [6.07, 6.45) is 0.960. The van der Waals surface area contributed by atoms with Crippen molar-refractivity contribution in [3.8, 4) is 0 Å². The highest BCUT2D eigenvalue weighted by Gasteiger charge is 2.27. The van der Waals surface area contributed by atoms with E-state index in [0.717, 1.165) is 22.3 Å². The maximum absolute atomic E-state index is 13.3. The molecule has 1 heterocycles. The summed E-state index contributed by atoms with van der Waals surface area (Å²) in [5.41, 5.74) is 4.80. The molecule has 3 aromatic carbocycles. The van der Waals surface area contributed by atoms with Gasteiger partial charge in [0.2, 0.25) is 21.8 Å². The van der Waals surface area contributed by atoms with Crippen LogP contribution in [0.4, 0.5) is 11.4 Å². The monoisotopic (exact) mass is 477 g/mol. The standard InChI is InChI=1S/C26H27N3O4S/c1-17-8-11-22(18(2)14-17)28-26(31)24(15-19-6-4-3-5-7-19)29-34(32,33)21-10-12-23-20(16-21)9-13-25(30)27-23/h3-8,10-12,14,16,24,29H,9,13,15H2,1-2H3,(H,27,30)(H,28,31)/t24-/m1/s1. The molecule has 0 radical (unpaired) electrons. The topological polar surface area (TPSA) is 104 Å². The number of nitrogens with one attached hydrogen (secondary N) is 3. The van der Waals surface area contributed by atoms with Gasteiger partial charge in [-0.15, -0.1) is 0 Å². The Labute approximate surface area is 199 Å². The average molecular weight is 478 g/mol. The molecule has 3 aromatic rings. The van der Waals surface area contributed by atoms with Crippen molar-refractivity contribution in [1.29, 1.82) is 0 Å². The van der Waals surface area contributed by atoms with Crippen molar-refractivity contribution in [2.24, 2.45) is 0 Å².